The number of hydrogen-bond acceptors (Lipinski definition) is 4. The lowest BCUT2D eigenvalue weighted by atomic mass is 9.99. The van der Waals surface area contributed by atoms with Gasteiger partial charge in [-0.15, -0.1) is 0 Å². The first-order valence-electron chi connectivity index (χ1n) is 8.96. The molecule has 0 unspecified atom stereocenters. The molecule has 1 heterocycles. The van der Waals surface area contributed by atoms with Gasteiger partial charge in [0.2, 0.25) is 5.91 Å². The van der Waals surface area contributed by atoms with Crippen molar-refractivity contribution in [2.45, 2.75) is 13.0 Å². The molecule has 2 aromatic rings. The number of amides is 2. The molecular weight excluding hydrogens is 342 g/mol. The van der Waals surface area contributed by atoms with Gasteiger partial charge in [-0.05, 0) is 47.9 Å². The van der Waals surface area contributed by atoms with Crippen LogP contribution < -0.4 is 10.1 Å². The highest BCUT2D eigenvalue weighted by Crippen LogP contribution is 2.23. The van der Waals surface area contributed by atoms with Crippen LogP contribution in [0, 0.1) is 0 Å². The minimum Gasteiger partial charge on any atom is -0.497 e. The second kappa shape index (κ2) is 8.22. The zero-order valence-corrected chi connectivity index (χ0v) is 16.0. The molecule has 6 heteroatoms. The van der Waals surface area contributed by atoms with Crippen LogP contribution >= 0.6 is 0 Å². The highest BCUT2D eigenvalue weighted by molar-refractivity contribution is 5.97. The minimum absolute atomic E-state index is 0.0872. The van der Waals surface area contributed by atoms with Crippen molar-refractivity contribution in [2.75, 3.05) is 39.6 Å². The molecule has 2 aromatic carbocycles. The standard InChI is InChI=1S/C21H25N3O3/c1-23(2)21(26)16-5-4-6-18(11-16)22-20(25)14-24-10-9-15-7-8-19(27-3)12-17(15)13-24/h4-8,11-12H,9-10,13-14H2,1-3H3,(H,22,25). The van der Waals surface area contributed by atoms with Crippen LogP contribution in [0.3, 0.4) is 0 Å². The van der Waals surface area contributed by atoms with E-state index in [-0.39, 0.29) is 11.8 Å². The fourth-order valence-electron chi connectivity index (χ4n) is 3.25. The molecule has 0 aliphatic carbocycles. The predicted molar refractivity (Wildman–Crippen MR) is 105 cm³/mol. The van der Waals surface area contributed by atoms with E-state index in [1.54, 1.807) is 45.5 Å². The lowest BCUT2D eigenvalue weighted by Gasteiger charge is -2.28. The Labute approximate surface area is 159 Å². The van der Waals surface area contributed by atoms with Crippen molar-refractivity contribution in [3.8, 4) is 5.75 Å². The first-order chi connectivity index (χ1) is 13.0. The van der Waals surface area contributed by atoms with Crippen molar-refractivity contribution in [3.05, 3.63) is 59.2 Å². The molecule has 2 amide bonds. The predicted octanol–water partition coefficient (Wildman–Crippen LogP) is 2.39. The summed E-state index contributed by atoms with van der Waals surface area (Å²) in [6.07, 6.45) is 0.916. The van der Waals surface area contributed by atoms with Crippen molar-refractivity contribution in [3.63, 3.8) is 0 Å². The summed E-state index contributed by atoms with van der Waals surface area (Å²) in [5, 5.41) is 2.89. The van der Waals surface area contributed by atoms with E-state index in [9.17, 15) is 9.59 Å². The summed E-state index contributed by atoms with van der Waals surface area (Å²) in [6.45, 7) is 1.87. The van der Waals surface area contributed by atoms with Gasteiger partial charge in [-0.1, -0.05) is 12.1 Å². The molecule has 6 nitrogen and oxygen atoms in total. The Morgan fingerprint density at radius 2 is 1.96 bits per heavy atom. The number of carbonyl (C=O) groups is 2. The van der Waals surface area contributed by atoms with Crippen molar-refractivity contribution >= 4 is 17.5 Å². The average Bonchev–Trinajstić information content (AvgIpc) is 2.66. The van der Waals surface area contributed by atoms with Gasteiger partial charge in [0.25, 0.3) is 5.91 Å². The van der Waals surface area contributed by atoms with Crippen LogP contribution in [0.15, 0.2) is 42.5 Å². The maximum atomic E-state index is 12.5. The molecule has 1 N–H and O–H groups in total. The highest BCUT2D eigenvalue weighted by Gasteiger charge is 2.19. The van der Waals surface area contributed by atoms with E-state index in [1.165, 1.54) is 16.0 Å². The fourth-order valence-corrected chi connectivity index (χ4v) is 3.25. The summed E-state index contributed by atoms with van der Waals surface area (Å²) in [5.41, 5.74) is 3.69. The van der Waals surface area contributed by atoms with Gasteiger partial charge in [0.1, 0.15) is 5.75 Å². The van der Waals surface area contributed by atoms with Gasteiger partial charge in [-0.25, -0.2) is 0 Å². The van der Waals surface area contributed by atoms with Gasteiger partial charge in [0.05, 0.1) is 13.7 Å². The minimum atomic E-state index is -0.0901. The second-order valence-corrected chi connectivity index (χ2v) is 6.92. The van der Waals surface area contributed by atoms with Crippen molar-refractivity contribution in [1.29, 1.82) is 0 Å². The topological polar surface area (TPSA) is 61.9 Å². The number of nitrogens with one attached hydrogen (secondary N) is 1. The number of carbonyl (C=O) groups excluding carboxylic acids is 2. The number of benzene rings is 2. The molecule has 142 valence electrons. The first kappa shape index (κ1) is 18.9. The Balaban J connectivity index is 1.61. The molecule has 0 fully saturated rings. The van der Waals surface area contributed by atoms with E-state index < -0.39 is 0 Å². The number of hydrogen-bond donors (Lipinski definition) is 1. The molecule has 1 aliphatic heterocycles. The maximum Gasteiger partial charge on any atom is 0.253 e. The van der Waals surface area contributed by atoms with E-state index in [0.29, 0.717) is 17.8 Å². The van der Waals surface area contributed by atoms with E-state index in [2.05, 4.69) is 16.3 Å². The van der Waals surface area contributed by atoms with Gasteiger partial charge in [0, 0.05) is 38.4 Å². The largest absolute Gasteiger partial charge is 0.497 e. The third-order valence-corrected chi connectivity index (χ3v) is 4.67. The smallest absolute Gasteiger partial charge is 0.253 e. The Bertz CT molecular complexity index is 848. The number of anilines is 1. The molecule has 0 radical (unpaired) electrons. The first-order valence-corrected chi connectivity index (χ1v) is 8.96. The number of fused-ring (bicyclic) bond motifs is 1. The van der Waals surface area contributed by atoms with Crippen LogP contribution in [0.25, 0.3) is 0 Å². The van der Waals surface area contributed by atoms with Crippen LogP contribution in [0.5, 0.6) is 5.75 Å². The summed E-state index contributed by atoms with van der Waals surface area (Å²) >= 11 is 0. The summed E-state index contributed by atoms with van der Waals surface area (Å²) in [7, 11) is 5.07. The van der Waals surface area contributed by atoms with Crippen molar-refractivity contribution in [2.24, 2.45) is 0 Å². The maximum absolute atomic E-state index is 12.5. The molecular formula is C21H25N3O3. The third-order valence-electron chi connectivity index (χ3n) is 4.67. The van der Waals surface area contributed by atoms with Gasteiger partial charge in [0.15, 0.2) is 0 Å². The lowest BCUT2D eigenvalue weighted by Crippen LogP contribution is -2.37. The Morgan fingerprint density at radius 1 is 1.15 bits per heavy atom. The molecule has 0 atom stereocenters. The third kappa shape index (κ3) is 4.65. The summed E-state index contributed by atoms with van der Waals surface area (Å²) in [4.78, 5) is 28.2. The molecule has 0 spiro atoms. The van der Waals surface area contributed by atoms with Crippen LogP contribution in [-0.4, -0.2) is 55.9 Å². The zero-order chi connectivity index (χ0) is 19.4. The zero-order valence-electron chi connectivity index (χ0n) is 16.0. The lowest BCUT2D eigenvalue weighted by molar-refractivity contribution is -0.117. The quantitative estimate of drug-likeness (QED) is 0.882. The van der Waals surface area contributed by atoms with Crippen LogP contribution in [-0.2, 0) is 17.8 Å². The molecule has 0 saturated heterocycles. The summed E-state index contributed by atoms with van der Waals surface area (Å²) in [6, 6.07) is 13.1. The molecule has 0 saturated carbocycles. The molecule has 0 bridgehead atoms. The molecule has 0 aromatic heterocycles. The molecule has 3 rings (SSSR count). The normalized spacial score (nSPS) is 13.6. The van der Waals surface area contributed by atoms with E-state index in [0.717, 1.165) is 25.3 Å². The van der Waals surface area contributed by atoms with Gasteiger partial charge >= 0.3 is 0 Å². The Hall–Kier alpha value is -2.86. The van der Waals surface area contributed by atoms with E-state index in [4.69, 9.17) is 4.74 Å². The number of rotatable bonds is 5. The Morgan fingerprint density at radius 3 is 2.70 bits per heavy atom. The van der Waals surface area contributed by atoms with Gasteiger partial charge in [-0.3, -0.25) is 14.5 Å². The van der Waals surface area contributed by atoms with E-state index >= 15 is 0 Å². The SMILES string of the molecule is COc1ccc2c(c1)CN(CC(=O)Nc1cccc(C(=O)N(C)C)c1)CC2. The average molecular weight is 367 g/mol. The van der Waals surface area contributed by atoms with Gasteiger partial charge < -0.3 is 15.0 Å². The van der Waals surface area contributed by atoms with Crippen LogP contribution in [0.1, 0.15) is 21.5 Å². The highest BCUT2D eigenvalue weighted by atomic mass is 16.5. The molecule has 1 aliphatic rings. The second-order valence-electron chi connectivity index (χ2n) is 6.92. The monoisotopic (exact) mass is 367 g/mol. The number of nitrogens with zero attached hydrogens (tertiary/aromatic N) is 2. The Kier molecular flexibility index (Phi) is 5.76. The van der Waals surface area contributed by atoms with Crippen LogP contribution in [0.2, 0.25) is 0 Å². The van der Waals surface area contributed by atoms with Crippen molar-refractivity contribution < 1.29 is 14.3 Å². The number of methoxy groups -OCH3 is 1. The number of ether oxygens (including phenoxy) is 1. The van der Waals surface area contributed by atoms with E-state index in [1.807, 2.05) is 12.1 Å². The van der Waals surface area contributed by atoms with Gasteiger partial charge in [-0.2, -0.15) is 0 Å². The summed E-state index contributed by atoms with van der Waals surface area (Å²) < 4.78 is 5.29. The fraction of sp³-hybridized carbons (Fsp3) is 0.333. The van der Waals surface area contributed by atoms with Crippen molar-refractivity contribution in [1.82, 2.24) is 9.80 Å². The molecule has 27 heavy (non-hydrogen) atoms. The summed E-state index contributed by atoms with van der Waals surface area (Å²) in [5.74, 6) is 0.658. The van der Waals surface area contributed by atoms with Crippen LogP contribution in [0.4, 0.5) is 5.69 Å².